The molecule has 0 aromatic carbocycles. The van der Waals surface area contributed by atoms with Crippen LogP contribution in [0.2, 0.25) is 0 Å². The van der Waals surface area contributed by atoms with Crippen molar-refractivity contribution in [1.29, 1.82) is 0 Å². The van der Waals surface area contributed by atoms with E-state index in [4.69, 9.17) is 7.05 Å². The van der Waals surface area contributed by atoms with Gasteiger partial charge in [0.05, 0.1) is 25.4 Å². The summed E-state index contributed by atoms with van der Waals surface area (Å²) in [5.41, 5.74) is 0. The van der Waals surface area contributed by atoms with Gasteiger partial charge in [-0.2, -0.15) is 0 Å². The minimum absolute atomic E-state index is 0.0508. The van der Waals surface area contributed by atoms with E-state index in [1.807, 2.05) is 0 Å². The van der Waals surface area contributed by atoms with Crippen LogP contribution in [0.25, 0.3) is 0 Å². The van der Waals surface area contributed by atoms with Crippen molar-refractivity contribution in [3.63, 3.8) is 0 Å². The van der Waals surface area contributed by atoms with E-state index in [2.05, 4.69) is 9.17 Å². The second-order valence-electron chi connectivity index (χ2n) is 1.77. The molecular formula is C5H3F3N2OS. The summed E-state index contributed by atoms with van der Waals surface area (Å²) in [7, 11) is 5.12. The lowest BCUT2D eigenvalue weighted by Crippen LogP contribution is -2.07. The molecule has 0 spiro atoms. The minimum atomic E-state index is -4.66. The first-order valence-electron chi connectivity index (χ1n) is 2.69. The molecular weight excluding hydrogens is 193 g/mol. The van der Waals surface area contributed by atoms with Crippen LogP contribution < -0.4 is 0 Å². The van der Waals surface area contributed by atoms with E-state index in [0.717, 1.165) is 4.57 Å². The fraction of sp³-hybridized carbons (Fsp3) is 0.200. The largest absolute Gasteiger partial charge is 0.534 e. The molecule has 1 aromatic rings. The van der Waals surface area contributed by atoms with Crippen LogP contribution in [0.5, 0.6) is 0 Å². The van der Waals surface area contributed by atoms with Crippen molar-refractivity contribution < 1.29 is 17.4 Å². The van der Waals surface area contributed by atoms with E-state index in [0.29, 0.717) is 0 Å². The molecule has 7 heteroatoms. The Hall–Kier alpha value is -0.690. The molecule has 0 N–H and O–H groups in total. The van der Waals surface area contributed by atoms with Crippen LogP contribution in [0.3, 0.4) is 0 Å². The van der Waals surface area contributed by atoms with Gasteiger partial charge in [0.1, 0.15) is 5.03 Å². The fourth-order valence-corrected chi connectivity index (χ4v) is 0.886. The molecule has 0 bridgehead atoms. The van der Waals surface area contributed by atoms with Gasteiger partial charge in [-0.25, -0.2) is 9.17 Å². The third-order valence-electron chi connectivity index (χ3n) is 0.799. The summed E-state index contributed by atoms with van der Waals surface area (Å²) in [5.74, 6) is 0. The fourth-order valence-electron chi connectivity index (χ4n) is 0.451. The van der Waals surface area contributed by atoms with Gasteiger partial charge in [-0.1, -0.05) is 0 Å². The van der Waals surface area contributed by atoms with Gasteiger partial charge in [0, 0.05) is 6.20 Å². The molecule has 0 aliphatic heterocycles. The number of aromatic nitrogens is 2. The molecule has 0 unspecified atom stereocenters. The zero-order valence-electron chi connectivity index (χ0n) is 5.58. The smallest absolute Gasteiger partial charge is 0.329 e. The molecule has 0 aliphatic rings. The highest BCUT2D eigenvalue weighted by atomic mass is 32.2. The predicted octanol–water partition coefficient (Wildman–Crippen LogP) is 1.94. The van der Waals surface area contributed by atoms with Crippen molar-refractivity contribution in [3.05, 3.63) is 19.6 Å². The van der Waals surface area contributed by atoms with Crippen LogP contribution >= 0.6 is 12.0 Å². The number of rotatable bonds is 2. The maximum atomic E-state index is 11.4. The van der Waals surface area contributed by atoms with Gasteiger partial charge < -0.3 is 4.57 Å². The van der Waals surface area contributed by atoms with Gasteiger partial charge in [-0.3, -0.25) is 0 Å². The van der Waals surface area contributed by atoms with Crippen LogP contribution in [-0.4, -0.2) is 15.9 Å². The van der Waals surface area contributed by atoms with E-state index < -0.39 is 6.36 Å². The average molecular weight is 196 g/mol. The Morgan fingerprint density at radius 1 is 1.58 bits per heavy atom. The van der Waals surface area contributed by atoms with E-state index in [1.54, 1.807) is 0 Å². The monoisotopic (exact) mass is 196 g/mol. The summed E-state index contributed by atoms with van der Waals surface area (Å²) in [5, 5.41) is 0.0508. The van der Waals surface area contributed by atoms with Crippen LogP contribution in [0.4, 0.5) is 13.2 Å². The first-order valence-corrected chi connectivity index (χ1v) is 3.43. The molecule has 0 atom stereocenters. The zero-order valence-corrected chi connectivity index (χ0v) is 6.39. The molecule has 0 amide bonds. The Labute approximate surface area is 70.7 Å². The molecule has 0 aliphatic carbocycles. The maximum Gasteiger partial charge on any atom is 0.534 e. The van der Waals surface area contributed by atoms with E-state index >= 15 is 0 Å². The van der Waals surface area contributed by atoms with Crippen LogP contribution in [0, 0.1) is 7.05 Å². The Morgan fingerprint density at radius 3 is 2.67 bits per heavy atom. The average Bonchev–Trinajstić information content (AvgIpc) is 2.30. The van der Waals surface area contributed by atoms with Crippen molar-refractivity contribution in [2.24, 2.45) is 0 Å². The quantitative estimate of drug-likeness (QED) is 0.676. The summed E-state index contributed by atoms with van der Waals surface area (Å²) >= 11 is 0.111. The SMILES string of the molecule is [CH]n1cnc(SOC(F)(F)F)c1. The second-order valence-corrected chi connectivity index (χ2v) is 2.52. The Kier molecular flexibility index (Phi) is 2.63. The third-order valence-corrected chi connectivity index (χ3v) is 1.45. The van der Waals surface area contributed by atoms with Gasteiger partial charge >= 0.3 is 6.36 Å². The zero-order chi connectivity index (χ0) is 9.19. The van der Waals surface area contributed by atoms with Crippen molar-refractivity contribution >= 4 is 12.0 Å². The normalized spacial score (nSPS) is 12.0. The summed E-state index contributed by atoms with van der Waals surface area (Å²) in [6.07, 6.45) is -2.29. The number of hydrogen-bond donors (Lipinski definition) is 0. The van der Waals surface area contributed by atoms with E-state index in [1.165, 1.54) is 12.5 Å². The lowest BCUT2D eigenvalue weighted by atomic mass is 10.9. The highest BCUT2D eigenvalue weighted by molar-refractivity contribution is 7.94. The van der Waals surface area contributed by atoms with E-state index in [9.17, 15) is 13.2 Å². The number of hydrogen-bond acceptors (Lipinski definition) is 3. The van der Waals surface area contributed by atoms with Crippen molar-refractivity contribution in [1.82, 2.24) is 9.55 Å². The maximum absolute atomic E-state index is 11.4. The Morgan fingerprint density at radius 2 is 2.25 bits per heavy atom. The molecule has 66 valence electrons. The van der Waals surface area contributed by atoms with Crippen LogP contribution in [0.1, 0.15) is 0 Å². The Bertz CT molecular complexity index is 259. The van der Waals surface area contributed by atoms with Gasteiger partial charge in [0.2, 0.25) is 0 Å². The molecule has 2 radical (unpaired) electrons. The van der Waals surface area contributed by atoms with Gasteiger partial charge in [0.25, 0.3) is 0 Å². The standard InChI is InChI=1S/C5H3F3N2OS/c1-10-2-4(9-3-10)12-11-5(6,7)8/h1-3H. The lowest BCUT2D eigenvalue weighted by molar-refractivity contribution is -0.267. The molecule has 0 saturated carbocycles. The molecule has 0 fully saturated rings. The number of alkyl halides is 3. The molecule has 1 heterocycles. The first-order chi connectivity index (χ1) is 5.47. The van der Waals surface area contributed by atoms with Gasteiger partial charge in [-0.15, -0.1) is 13.2 Å². The molecule has 1 rings (SSSR count). The van der Waals surface area contributed by atoms with Gasteiger partial charge in [0.15, 0.2) is 0 Å². The summed E-state index contributed by atoms with van der Waals surface area (Å²) in [4.78, 5) is 3.49. The summed E-state index contributed by atoms with van der Waals surface area (Å²) < 4.78 is 38.8. The van der Waals surface area contributed by atoms with Crippen molar-refractivity contribution in [2.75, 3.05) is 0 Å². The van der Waals surface area contributed by atoms with Crippen LogP contribution in [-0.2, 0) is 4.18 Å². The highest BCUT2D eigenvalue weighted by Crippen LogP contribution is 2.27. The number of halogens is 3. The van der Waals surface area contributed by atoms with Crippen molar-refractivity contribution in [3.8, 4) is 0 Å². The minimum Gasteiger partial charge on any atom is -0.329 e. The molecule has 0 saturated heterocycles. The molecule has 12 heavy (non-hydrogen) atoms. The topological polar surface area (TPSA) is 27.1 Å². The molecule has 3 nitrogen and oxygen atoms in total. The first kappa shape index (κ1) is 9.40. The number of nitrogens with zero attached hydrogens (tertiary/aromatic N) is 2. The number of imidazole rings is 1. The summed E-state index contributed by atoms with van der Waals surface area (Å²) in [6, 6.07) is 0. The summed E-state index contributed by atoms with van der Waals surface area (Å²) in [6.45, 7) is 0. The van der Waals surface area contributed by atoms with Crippen molar-refractivity contribution in [2.45, 2.75) is 11.4 Å². The highest BCUT2D eigenvalue weighted by Gasteiger charge is 2.30. The van der Waals surface area contributed by atoms with E-state index in [-0.39, 0.29) is 17.1 Å². The molecule has 1 aromatic heterocycles. The predicted molar refractivity (Wildman–Crippen MR) is 34.9 cm³/mol. The second kappa shape index (κ2) is 3.36. The van der Waals surface area contributed by atoms with Gasteiger partial charge in [-0.05, 0) is 0 Å². The Balaban J connectivity index is 2.44. The lowest BCUT2D eigenvalue weighted by Gasteiger charge is -2.02. The third kappa shape index (κ3) is 3.14. The van der Waals surface area contributed by atoms with Crippen LogP contribution in [0.15, 0.2) is 17.6 Å².